The van der Waals surface area contributed by atoms with Crippen molar-refractivity contribution >= 4 is 51.0 Å². The molecule has 2 amide bonds. The van der Waals surface area contributed by atoms with Crippen LogP contribution in [0.1, 0.15) is 33.1 Å². The molecule has 196 valence electrons. The molecule has 6 rings (SSSR count). The van der Waals surface area contributed by atoms with Crippen molar-refractivity contribution < 1.29 is 24.0 Å². The Balaban J connectivity index is 1.48. The summed E-state index contributed by atoms with van der Waals surface area (Å²) >= 11 is 3.43. The molecule has 0 saturated carbocycles. The molecule has 10 heteroatoms. The molecule has 0 bridgehead atoms. The second-order valence-corrected chi connectivity index (χ2v) is 10.6. The minimum atomic E-state index is -0.943. The van der Waals surface area contributed by atoms with E-state index in [9.17, 15) is 24.5 Å². The minimum absolute atomic E-state index is 0.133. The van der Waals surface area contributed by atoms with Gasteiger partial charge in [0.25, 0.3) is 5.69 Å². The summed E-state index contributed by atoms with van der Waals surface area (Å²) in [5, 5.41) is 11.3. The predicted molar refractivity (Wildman–Crippen MR) is 146 cm³/mol. The van der Waals surface area contributed by atoms with Gasteiger partial charge in [-0.1, -0.05) is 24.3 Å². The number of non-ortho nitro benzene ring substituents is 1. The number of hydrogen-bond acceptors (Lipinski definition) is 7. The van der Waals surface area contributed by atoms with Gasteiger partial charge in [0.05, 0.1) is 40.1 Å². The van der Waals surface area contributed by atoms with Gasteiger partial charge in [-0.2, -0.15) is 0 Å². The van der Waals surface area contributed by atoms with E-state index in [4.69, 9.17) is 4.74 Å². The molecular weight excluding hydrogens is 566 g/mol. The van der Waals surface area contributed by atoms with Crippen molar-refractivity contribution in [3.8, 4) is 5.75 Å². The summed E-state index contributed by atoms with van der Waals surface area (Å²) in [6, 6.07) is 15.2. The Kier molecular flexibility index (Phi) is 5.87. The lowest BCUT2D eigenvalue weighted by atomic mass is 9.83. The summed E-state index contributed by atoms with van der Waals surface area (Å²) < 4.78 is 5.90. The fourth-order valence-corrected chi connectivity index (χ4v) is 6.63. The van der Waals surface area contributed by atoms with Gasteiger partial charge < -0.3 is 9.64 Å². The molecule has 2 saturated heterocycles. The lowest BCUT2D eigenvalue weighted by Crippen LogP contribution is -2.44. The Morgan fingerprint density at radius 1 is 1.03 bits per heavy atom. The first-order chi connectivity index (χ1) is 18.7. The second-order valence-electron chi connectivity index (χ2n) is 9.79. The number of nitrogens with zero attached hydrogens (tertiary/aromatic N) is 3. The maximum atomic E-state index is 14.1. The number of nitro groups is 1. The van der Waals surface area contributed by atoms with Crippen LogP contribution in [0.15, 0.2) is 71.3 Å². The molecule has 0 aromatic heterocycles. The van der Waals surface area contributed by atoms with Gasteiger partial charge in [-0.15, -0.1) is 0 Å². The number of amides is 2. The highest BCUT2D eigenvalue weighted by Gasteiger charge is 2.64. The molecule has 39 heavy (non-hydrogen) atoms. The number of ether oxygens (including phenoxy) is 1. The van der Waals surface area contributed by atoms with E-state index in [1.54, 1.807) is 31.3 Å². The fourth-order valence-electron chi connectivity index (χ4n) is 6.09. The molecule has 3 heterocycles. The molecule has 3 aliphatic rings. The van der Waals surface area contributed by atoms with Crippen LogP contribution in [0.3, 0.4) is 0 Å². The third-order valence-corrected chi connectivity index (χ3v) is 8.42. The van der Waals surface area contributed by atoms with E-state index in [0.717, 1.165) is 16.0 Å². The number of Topliss-reactive ketones (excluding diaryl/α,β-unsaturated/α-hetero) is 1. The van der Waals surface area contributed by atoms with E-state index in [1.807, 2.05) is 35.2 Å². The van der Waals surface area contributed by atoms with Crippen LogP contribution < -0.4 is 9.64 Å². The predicted octanol–water partition coefficient (Wildman–Crippen LogP) is 5.07. The average molecular weight is 588 g/mol. The highest BCUT2D eigenvalue weighted by molar-refractivity contribution is 9.10. The largest absolute Gasteiger partial charge is 0.496 e. The Labute approximate surface area is 231 Å². The topological polar surface area (TPSA) is 110 Å². The van der Waals surface area contributed by atoms with Gasteiger partial charge in [-0.25, -0.2) is 4.90 Å². The molecule has 3 aromatic carbocycles. The normalized spacial score (nSPS) is 22.9. The van der Waals surface area contributed by atoms with Gasteiger partial charge in [-0.3, -0.25) is 24.5 Å². The molecule has 2 fully saturated rings. The Morgan fingerprint density at radius 3 is 2.46 bits per heavy atom. The Morgan fingerprint density at radius 2 is 1.77 bits per heavy atom. The molecule has 0 aliphatic carbocycles. The molecule has 3 aliphatic heterocycles. The number of carbonyl (C=O) groups excluding carboxylic acids is 3. The first kappa shape index (κ1) is 25.0. The standard InChI is InChI=1S/C29H22BrN3O6/c1-15-13-18(33(37)38)8-9-21(15)32-28(35)23-24(29(32)36)26(27(34)17-7-10-22(39-2)20(30)14-17)31-12-11-16-5-3-4-6-19(16)25(23)31/h3-14,23-26H,1-2H3/t23-,24-,25-,26+/m1/s1. The molecular formula is C29H22BrN3O6. The zero-order valence-corrected chi connectivity index (χ0v) is 22.5. The van der Waals surface area contributed by atoms with Gasteiger partial charge >= 0.3 is 0 Å². The SMILES string of the molecule is COc1ccc(C(=O)[C@@H]2[C@@H]3C(=O)N(c4ccc([N+](=O)[O-])cc4C)C(=O)[C@H]3[C@H]3c4ccccc4C=CN23)cc1Br. The van der Waals surface area contributed by atoms with Crippen LogP contribution in [0, 0.1) is 28.9 Å². The number of imide groups is 1. The van der Waals surface area contributed by atoms with E-state index < -0.39 is 40.7 Å². The quantitative estimate of drug-likeness (QED) is 0.177. The van der Waals surface area contributed by atoms with Crippen LogP contribution >= 0.6 is 15.9 Å². The van der Waals surface area contributed by atoms with Gasteiger partial charge in [-0.05, 0) is 69.9 Å². The molecule has 0 radical (unpaired) electrons. The van der Waals surface area contributed by atoms with Crippen LogP contribution in [0.2, 0.25) is 0 Å². The van der Waals surface area contributed by atoms with Crippen molar-refractivity contribution in [1.29, 1.82) is 0 Å². The van der Waals surface area contributed by atoms with E-state index in [0.29, 0.717) is 21.3 Å². The molecule has 0 unspecified atom stereocenters. The first-order valence-electron chi connectivity index (χ1n) is 12.3. The summed E-state index contributed by atoms with van der Waals surface area (Å²) in [7, 11) is 1.53. The smallest absolute Gasteiger partial charge is 0.269 e. The summed E-state index contributed by atoms with van der Waals surface area (Å²) in [4.78, 5) is 55.9. The Bertz CT molecular complexity index is 1620. The van der Waals surface area contributed by atoms with Crippen molar-refractivity contribution in [2.24, 2.45) is 11.8 Å². The second kappa shape index (κ2) is 9.16. The first-order valence-corrected chi connectivity index (χ1v) is 13.1. The summed E-state index contributed by atoms with van der Waals surface area (Å²) in [5.41, 5.74) is 2.74. The highest BCUT2D eigenvalue weighted by Crippen LogP contribution is 2.54. The third-order valence-electron chi connectivity index (χ3n) is 7.80. The van der Waals surface area contributed by atoms with Crippen LogP contribution in [0.25, 0.3) is 6.08 Å². The monoisotopic (exact) mass is 587 g/mol. The molecule has 3 aromatic rings. The number of methoxy groups -OCH3 is 1. The number of ketones is 1. The van der Waals surface area contributed by atoms with Crippen LogP contribution in [-0.4, -0.2) is 40.6 Å². The molecule has 0 spiro atoms. The lowest BCUT2D eigenvalue weighted by molar-refractivity contribution is -0.384. The molecule has 9 nitrogen and oxygen atoms in total. The highest BCUT2D eigenvalue weighted by atomic mass is 79.9. The van der Waals surface area contributed by atoms with Crippen molar-refractivity contribution in [3.63, 3.8) is 0 Å². The number of fused-ring (bicyclic) bond motifs is 5. The number of rotatable bonds is 5. The van der Waals surface area contributed by atoms with Crippen LogP contribution in [0.4, 0.5) is 11.4 Å². The number of aryl methyl sites for hydroxylation is 1. The molecule has 0 N–H and O–H groups in total. The van der Waals surface area contributed by atoms with E-state index in [2.05, 4.69) is 15.9 Å². The third kappa shape index (κ3) is 3.69. The van der Waals surface area contributed by atoms with Crippen molar-refractivity contribution in [3.05, 3.63) is 104 Å². The van der Waals surface area contributed by atoms with Crippen molar-refractivity contribution in [2.75, 3.05) is 12.0 Å². The zero-order chi connectivity index (χ0) is 27.6. The van der Waals surface area contributed by atoms with Gasteiger partial charge in [0, 0.05) is 23.9 Å². The number of anilines is 1. The number of halogens is 1. The number of carbonyl (C=O) groups is 3. The average Bonchev–Trinajstić information content (AvgIpc) is 3.40. The summed E-state index contributed by atoms with van der Waals surface area (Å²) in [6.45, 7) is 1.62. The van der Waals surface area contributed by atoms with Crippen LogP contribution in [0.5, 0.6) is 5.75 Å². The minimum Gasteiger partial charge on any atom is -0.496 e. The summed E-state index contributed by atoms with van der Waals surface area (Å²) in [5.74, 6) is -2.40. The number of benzene rings is 3. The maximum Gasteiger partial charge on any atom is 0.269 e. The van der Waals surface area contributed by atoms with Crippen molar-refractivity contribution in [1.82, 2.24) is 4.90 Å². The Hall–Kier alpha value is -4.31. The number of nitro benzene ring substituents is 1. The zero-order valence-electron chi connectivity index (χ0n) is 20.9. The summed E-state index contributed by atoms with van der Waals surface area (Å²) in [6.07, 6.45) is 3.69. The van der Waals surface area contributed by atoms with Gasteiger partial charge in [0.2, 0.25) is 11.8 Å². The van der Waals surface area contributed by atoms with E-state index >= 15 is 0 Å². The van der Waals surface area contributed by atoms with Gasteiger partial charge in [0.1, 0.15) is 11.8 Å². The van der Waals surface area contributed by atoms with Gasteiger partial charge in [0.15, 0.2) is 5.78 Å². The fraction of sp³-hybridized carbons (Fsp3) is 0.207. The van der Waals surface area contributed by atoms with E-state index in [-0.39, 0.29) is 17.2 Å². The van der Waals surface area contributed by atoms with E-state index in [1.165, 1.54) is 25.3 Å². The maximum absolute atomic E-state index is 14.1. The van der Waals surface area contributed by atoms with Crippen LogP contribution in [-0.2, 0) is 9.59 Å². The lowest BCUT2D eigenvalue weighted by Gasteiger charge is -2.35. The molecule has 4 atom stereocenters. The van der Waals surface area contributed by atoms with Crippen molar-refractivity contribution in [2.45, 2.75) is 19.0 Å². The number of hydrogen-bond donors (Lipinski definition) is 0.